The van der Waals surface area contributed by atoms with E-state index in [1.54, 1.807) is 11.8 Å². The SMILES string of the molecule is CSc1ccccc1C(=O)N(CC1CC1)CC1CCCN1. The Morgan fingerprint density at radius 3 is 2.76 bits per heavy atom. The van der Waals surface area contributed by atoms with Gasteiger partial charge in [0.05, 0.1) is 5.56 Å². The van der Waals surface area contributed by atoms with Gasteiger partial charge in [0.15, 0.2) is 0 Å². The third-order valence-corrected chi connectivity index (χ3v) is 5.20. The molecular weight excluding hydrogens is 280 g/mol. The molecule has 3 rings (SSSR count). The maximum atomic E-state index is 13.0. The Kier molecular flexibility index (Phi) is 4.86. The van der Waals surface area contributed by atoms with Gasteiger partial charge < -0.3 is 10.2 Å². The van der Waals surface area contributed by atoms with E-state index < -0.39 is 0 Å². The van der Waals surface area contributed by atoms with Crippen molar-refractivity contribution in [2.75, 3.05) is 25.9 Å². The number of carbonyl (C=O) groups is 1. The van der Waals surface area contributed by atoms with E-state index in [9.17, 15) is 4.79 Å². The van der Waals surface area contributed by atoms with Crippen LogP contribution in [0, 0.1) is 5.92 Å². The minimum absolute atomic E-state index is 0.209. The Labute approximate surface area is 131 Å². The molecule has 0 bridgehead atoms. The average molecular weight is 304 g/mol. The van der Waals surface area contributed by atoms with Gasteiger partial charge in [-0.1, -0.05) is 12.1 Å². The molecule has 1 aromatic rings. The number of nitrogens with zero attached hydrogens (tertiary/aromatic N) is 1. The first-order valence-corrected chi connectivity index (χ1v) is 9.16. The quantitative estimate of drug-likeness (QED) is 0.820. The normalized spacial score (nSPS) is 21.5. The molecule has 1 aromatic carbocycles. The summed E-state index contributed by atoms with van der Waals surface area (Å²) < 4.78 is 0. The van der Waals surface area contributed by atoms with Gasteiger partial charge in [0, 0.05) is 24.0 Å². The second-order valence-electron chi connectivity index (χ2n) is 6.15. The van der Waals surface area contributed by atoms with Crippen LogP contribution in [0.15, 0.2) is 29.2 Å². The summed E-state index contributed by atoms with van der Waals surface area (Å²) in [6.45, 7) is 2.88. The predicted octanol–water partition coefficient (Wildman–Crippen LogP) is 3.01. The van der Waals surface area contributed by atoms with Crippen LogP contribution in [0.3, 0.4) is 0 Å². The smallest absolute Gasteiger partial charge is 0.255 e. The topological polar surface area (TPSA) is 32.3 Å². The largest absolute Gasteiger partial charge is 0.337 e. The van der Waals surface area contributed by atoms with Gasteiger partial charge in [-0.3, -0.25) is 4.79 Å². The monoisotopic (exact) mass is 304 g/mol. The lowest BCUT2D eigenvalue weighted by Crippen LogP contribution is -2.42. The molecule has 1 atom stereocenters. The molecule has 1 amide bonds. The molecule has 1 aliphatic carbocycles. The lowest BCUT2D eigenvalue weighted by molar-refractivity contribution is 0.0730. The van der Waals surface area contributed by atoms with Crippen LogP contribution in [0.5, 0.6) is 0 Å². The van der Waals surface area contributed by atoms with Crippen molar-refractivity contribution in [3.05, 3.63) is 29.8 Å². The van der Waals surface area contributed by atoms with Crippen LogP contribution in [0.1, 0.15) is 36.0 Å². The van der Waals surface area contributed by atoms with Crippen molar-refractivity contribution in [1.29, 1.82) is 0 Å². The fraction of sp³-hybridized carbons (Fsp3) is 0.588. The Balaban J connectivity index is 1.75. The third kappa shape index (κ3) is 3.80. The molecule has 0 radical (unpaired) electrons. The Morgan fingerprint density at radius 2 is 2.10 bits per heavy atom. The summed E-state index contributed by atoms with van der Waals surface area (Å²) >= 11 is 1.66. The van der Waals surface area contributed by atoms with Gasteiger partial charge in [0.2, 0.25) is 0 Å². The summed E-state index contributed by atoms with van der Waals surface area (Å²) in [5, 5.41) is 3.52. The Bertz CT molecular complexity index is 495. The van der Waals surface area contributed by atoms with Crippen molar-refractivity contribution in [2.45, 2.75) is 36.6 Å². The summed E-state index contributed by atoms with van der Waals surface area (Å²) in [5.41, 5.74) is 0.864. The minimum Gasteiger partial charge on any atom is -0.337 e. The number of nitrogens with one attached hydrogen (secondary N) is 1. The number of carbonyl (C=O) groups excluding carboxylic acids is 1. The first kappa shape index (κ1) is 14.9. The molecule has 0 aromatic heterocycles. The molecule has 1 unspecified atom stereocenters. The highest BCUT2D eigenvalue weighted by Gasteiger charge is 2.30. The molecule has 1 aliphatic heterocycles. The van der Waals surface area contributed by atoms with E-state index in [-0.39, 0.29) is 5.91 Å². The first-order chi connectivity index (χ1) is 10.3. The van der Waals surface area contributed by atoms with Crippen molar-refractivity contribution in [3.8, 4) is 0 Å². The zero-order valence-corrected chi connectivity index (χ0v) is 13.5. The Morgan fingerprint density at radius 1 is 1.29 bits per heavy atom. The molecule has 1 N–H and O–H groups in total. The standard InChI is InChI=1S/C17H24N2OS/c1-21-16-7-3-2-6-15(16)17(20)19(11-13-8-9-13)12-14-5-4-10-18-14/h2-3,6-7,13-14,18H,4-5,8-12H2,1H3. The minimum atomic E-state index is 0.209. The van der Waals surface area contributed by atoms with Gasteiger partial charge in [-0.15, -0.1) is 11.8 Å². The molecular formula is C17H24N2OS. The number of rotatable bonds is 6. The summed E-state index contributed by atoms with van der Waals surface area (Å²) in [4.78, 5) is 16.1. The maximum Gasteiger partial charge on any atom is 0.255 e. The zero-order valence-electron chi connectivity index (χ0n) is 12.7. The molecule has 3 nitrogen and oxygen atoms in total. The molecule has 2 aliphatic rings. The highest BCUT2D eigenvalue weighted by molar-refractivity contribution is 7.98. The van der Waals surface area contributed by atoms with E-state index in [1.807, 2.05) is 30.5 Å². The lowest BCUT2D eigenvalue weighted by Gasteiger charge is -2.26. The van der Waals surface area contributed by atoms with Crippen molar-refractivity contribution in [3.63, 3.8) is 0 Å². The van der Waals surface area contributed by atoms with Crippen LogP contribution < -0.4 is 5.32 Å². The van der Waals surface area contributed by atoms with E-state index in [2.05, 4.69) is 10.2 Å². The van der Waals surface area contributed by atoms with Crippen molar-refractivity contribution >= 4 is 17.7 Å². The number of hydrogen-bond donors (Lipinski definition) is 1. The predicted molar refractivity (Wildman–Crippen MR) is 87.9 cm³/mol. The molecule has 1 heterocycles. The van der Waals surface area contributed by atoms with E-state index in [1.165, 1.54) is 25.7 Å². The van der Waals surface area contributed by atoms with Gasteiger partial charge in [0.1, 0.15) is 0 Å². The number of amides is 1. The van der Waals surface area contributed by atoms with Crippen molar-refractivity contribution < 1.29 is 4.79 Å². The number of hydrogen-bond acceptors (Lipinski definition) is 3. The van der Waals surface area contributed by atoms with Gasteiger partial charge in [-0.25, -0.2) is 0 Å². The number of benzene rings is 1. The fourth-order valence-corrected chi connectivity index (χ4v) is 3.61. The lowest BCUT2D eigenvalue weighted by atomic mass is 10.1. The van der Waals surface area contributed by atoms with Crippen LogP contribution in [-0.2, 0) is 0 Å². The molecule has 1 saturated heterocycles. The maximum absolute atomic E-state index is 13.0. The highest BCUT2D eigenvalue weighted by Crippen LogP contribution is 2.31. The van der Waals surface area contributed by atoms with Gasteiger partial charge >= 0.3 is 0 Å². The molecule has 114 valence electrons. The van der Waals surface area contributed by atoms with Crippen molar-refractivity contribution in [1.82, 2.24) is 10.2 Å². The van der Waals surface area contributed by atoms with Crippen LogP contribution in [0.25, 0.3) is 0 Å². The Hall–Kier alpha value is -1.00. The van der Waals surface area contributed by atoms with Gasteiger partial charge in [-0.2, -0.15) is 0 Å². The summed E-state index contributed by atoms with van der Waals surface area (Å²) in [6, 6.07) is 8.47. The van der Waals surface area contributed by atoms with E-state index in [0.717, 1.165) is 36.0 Å². The third-order valence-electron chi connectivity index (χ3n) is 4.40. The summed E-state index contributed by atoms with van der Waals surface area (Å²) in [5.74, 6) is 0.942. The molecule has 0 spiro atoms. The van der Waals surface area contributed by atoms with Crippen LogP contribution >= 0.6 is 11.8 Å². The van der Waals surface area contributed by atoms with Crippen LogP contribution in [0.4, 0.5) is 0 Å². The zero-order chi connectivity index (χ0) is 14.7. The second kappa shape index (κ2) is 6.84. The molecule has 2 fully saturated rings. The summed E-state index contributed by atoms with van der Waals surface area (Å²) in [6.07, 6.45) is 7.03. The van der Waals surface area contributed by atoms with E-state index >= 15 is 0 Å². The van der Waals surface area contributed by atoms with Crippen LogP contribution in [-0.4, -0.2) is 42.7 Å². The molecule has 21 heavy (non-hydrogen) atoms. The molecule has 1 saturated carbocycles. The molecule has 4 heteroatoms. The second-order valence-corrected chi connectivity index (χ2v) is 7.00. The van der Waals surface area contributed by atoms with Crippen LogP contribution in [0.2, 0.25) is 0 Å². The number of thioether (sulfide) groups is 1. The average Bonchev–Trinajstić information content (AvgIpc) is 3.19. The van der Waals surface area contributed by atoms with Gasteiger partial charge in [-0.05, 0) is 56.5 Å². The first-order valence-electron chi connectivity index (χ1n) is 7.93. The highest BCUT2D eigenvalue weighted by atomic mass is 32.2. The fourth-order valence-electron chi connectivity index (χ4n) is 3.02. The van der Waals surface area contributed by atoms with Gasteiger partial charge in [0.25, 0.3) is 5.91 Å². The summed E-state index contributed by atoms with van der Waals surface area (Å²) in [7, 11) is 0. The van der Waals surface area contributed by atoms with E-state index in [0.29, 0.717) is 6.04 Å². The van der Waals surface area contributed by atoms with Crippen molar-refractivity contribution in [2.24, 2.45) is 5.92 Å². The van der Waals surface area contributed by atoms with E-state index in [4.69, 9.17) is 0 Å².